The molecule has 0 aliphatic rings. The van der Waals surface area contributed by atoms with E-state index in [-0.39, 0.29) is 0 Å². The van der Waals surface area contributed by atoms with Gasteiger partial charge < -0.3 is 11.5 Å². The summed E-state index contributed by atoms with van der Waals surface area (Å²) in [5.74, 6) is 0.826. The van der Waals surface area contributed by atoms with Gasteiger partial charge in [0.25, 0.3) is 0 Å². The molecule has 0 aromatic heterocycles. The van der Waals surface area contributed by atoms with Gasteiger partial charge in [-0.3, -0.25) is 0 Å². The lowest BCUT2D eigenvalue weighted by molar-refractivity contribution is 0.444. The van der Waals surface area contributed by atoms with Crippen molar-refractivity contribution in [1.29, 1.82) is 0 Å². The molecule has 0 saturated heterocycles. The molecule has 0 aliphatic heterocycles. The largest absolute Gasteiger partial charge is 0.330 e. The Hall–Kier alpha value is -0.0800. The molecule has 0 aromatic rings. The fourth-order valence-corrected chi connectivity index (χ4v) is 1.40. The smallest absolute Gasteiger partial charge is 0.00104 e. The lowest BCUT2D eigenvalue weighted by atomic mass is 9.98. The van der Waals surface area contributed by atoms with Crippen LogP contribution in [0.15, 0.2) is 0 Å². The Labute approximate surface area is 76.7 Å². The van der Waals surface area contributed by atoms with Crippen molar-refractivity contribution >= 4 is 0 Å². The van der Waals surface area contributed by atoms with Crippen LogP contribution >= 0.6 is 0 Å². The number of nitrogens with two attached hydrogens (primary N) is 2. The van der Waals surface area contributed by atoms with Crippen LogP contribution in [0.1, 0.15) is 46.0 Å². The Morgan fingerprint density at radius 2 is 1.58 bits per heavy atom. The highest BCUT2D eigenvalue weighted by atomic mass is 14.6. The average molecular weight is 172 g/mol. The first-order valence-electron chi connectivity index (χ1n) is 5.12. The van der Waals surface area contributed by atoms with Crippen LogP contribution in [-0.2, 0) is 0 Å². The first kappa shape index (κ1) is 11.9. The third kappa shape index (κ3) is 8.02. The zero-order valence-electron chi connectivity index (χ0n) is 8.55. The first-order valence-corrected chi connectivity index (χ1v) is 5.12. The normalized spacial score (nSPS) is 16.0. The van der Waals surface area contributed by atoms with Crippen LogP contribution in [0, 0.1) is 5.92 Å². The summed E-state index contributed by atoms with van der Waals surface area (Å²) in [4.78, 5) is 0. The highest BCUT2D eigenvalue weighted by molar-refractivity contribution is 4.58. The van der Waals surface area contributed by atoms with Crippen LogP contribution in [0.25, 0.3) is 0 Å². The molecule has 0 spiro atoms. The van der Waals surface area contributed by atoms with Gasteiger partial charge in [0.1, 0.15) is 0 Å². The van der Waals surface area contributed by atoms with Crippen LogP contribution in [0.2, 0.25) is 0 Å². The number of hydrogen-bond acceptors (Lipinski definition) is 2. The summed E-state index contributed by atoms with van der Waals surface area (Å²) in [5, 5.41) is 0. The van der Waals surface area contributed by atoms with Crippen molar-refractivity contribution in [1.82, 2.24) is 0 Å². The summed E-state index contributed by atoms with van der Waals surface area (Å²) in [7, 11) is 0. The molecule has 0 heterocycles. The second kappa shape index (κ2) is 7.56. The predicted molar refractivity (Wildman–Crippen MR) is 55.0 cm³/mol. The van der Waals surface area contributed by atoms with Crippen molar-refractivity contribution in [3.8, 4) is 0 Å². The molecule has 4 N–H and O–H groups in total. The molecule has 0 amide bonds. The molecule has 2 atom stereocenters. The quantitative estimate of drug-likeness (QED) is 0.616. The fraction of sp³-hybridized carbons (Fsp3) is 1.00. The molecule has 2 unspecified atom stereocenters. The van der Waals surface area contributed by atoms with Crippen LogP contribution in [0.5, 0.6) is 0 Å². The van der Waals surface area contributed by atoms with Gasteiger partial charge in [-0.1, -0.05) is 19.8 Å². The Morgan fingerprint density at radius 1 is 1.00 bits per heavy atom. The summed E-state index contributed by atoms with van der Waals surface area (Å²) in [6, 6.07) is 0.367. The maximum atomic E-state index is 5.66. The van der Waals surface area contributed by atoms with Gasteiger partial charge >= 0.3 is 0 Å². The first-order chi connectivity index (χ1) is 5.66. The molecule has 0 bridgehead atoms. The summed E-state index contributed by atoms with van der Waals surface area (Å²) in [6.07, 6.45) is 6.17. The van der Waals surface area contributed by atoms with Gasteiger partial charge in [0.05, 0.1) is 0 Å². The summed E-state index contributed by atoms with van der Waals surface area (Å²) >= 11 is 0. The van der Waals surface area contributed by atoms with Gasteiger partial charge in [-0.25, -0.2) is 0 Å². The topological polar surface area (TPSA) is 52.0 Å². The SMILES string of the molecule is CC(N)CCCC(C)CCCN. The zero-order valence-corrected chi connectivity index (χ0v) is 8.55. The van der Waals surface area contributed by atoms with E-state index in [1.54, 1.807) is 0 Å². The van der Waals surface area contributed by atoms with E-state index in [0.29, 0.717) is 6.04 Å². The monoisotopic (exact) mass is 172 g/mol. The minimum Gasteiger partial charge on any atom is -0.330 e. The van der Waals surface area contributed by atoms with Crippen LogP contribution in [-0.4, -0.2) is 12.6 Å². The van der Waals surface area contributed by atoms with E-state index in [9.17, 15) is 0 Å². The third-order valence-corrected chi connectivity index (χ3v) is 2.26. The van der Waals surface area contributed by atoms with E-state index < -0.39 is 0 Å². The summed E-state index contributed by atoms with van der Waals surface area (Å²) in [5.41, 5.74) is 11.1. The van der Waals surface area contributed by atoms with Gasteiger partial charge in [-0.05, 0) is 38.6 Å². The minimum atomic E-state index is 0.367. The predicted octanol–water partition coefficient (Wildman–Crippen LogP) is 1.88. The van der Waals surface area contributed by atoms with Crippen LogP contribution in [0.4, 0.5) is 0 Å². The molecule has 12 heavy (non-hydrogen) atoms. The lowest BCUT2D eigenvalue weighted by Crippen LogP contribution is -2.14. The molecule has 0 radical (unpaired) electrons. The van der Waals surface area contributed by atoms with E-state index in [1.165, 1.54) is 25.7 Å². The standard InChI is InChI=1S/C10H24N2/c1-9(6-4-8-11)5-3-7-10(2)12/h9-10H,3-8,11-12H2,1-2H3. The maximum absolute atomic E-state index is 5.66. The lowest BCUT2D eigenvalue weighted by Gasteiger charge is -2.11. The van der Waals surface area contributed by atoms with E-state index in [4.69, 9.17) is 11.5 Å². The Bertz CT molecular complexity index is 91.8. The van der Waals surface area contributed by atoms with Crippen molar-refractivity contribution in [2.75, 3.05) is 6.54 Å². The molecular weight excluding hydrogens is 148 g/mol. The van der Waals surface area contributed by atoms with E-state index >= 15 is 0 Å². The van der Waals surface area contributed by atoms with Crippen molar-refractivity contribution < 1.29 is 0 Å². The van der Waals surface area contributed by atoms with Crippen molar-refractivity contribution in [2.24, 2.45) is 17.4 Å². The van der Waals surface area contributed by atoms with Gasteiger partial charge in [-0.2, -0.15) is 0 Å². The highest BCUT2D eigenvalue weighted by Crippen LogP contribution is 2.13. The molecule has 0 fully saturated rings. The Morgan fingerprint density at radius 3 is 2.08 bits per heavy atom. The number of rotatable bonds is 7. The molecule has 0 saturated carbocycles. The van der Waals surface area contributed by atoms with Crippen molar-refractivity contribution in [2.45, 2.75) is 52.0 Å². The van der Waals surface area contributed by atoms with Crippen LogP contribution in [0.3, 0.4) is 0 Å². The van der Waals surface area contributed by atoms with Gasteiger partial charge in [0.15, 0.2) is 0 Å². The van der Waals surface area contributed by atoms with E-state index in [0.717, 1.165) is 18.9 Å². The molecule has 0 rings (SSSR count). The van der Waals surface area contributed by atoms with E-state index in [1.807, 2.05) is 0 Å². The molecular formula is C10H24N2. The van der Waals surface area contributed by atoms with Crippen LogP contribution < -0.4 is 11.5 Å². The number of hydrogen-bond donors (Lipinski definition) is 2. The molecule has 2 heteroatoms. The molecule has 0 aromatic carbocycles. The second-order valence-electron chi connectivity index (χ2n) is 3.94. The minimum absolute atomic E-state index is 0.367. The summed E-state index contributed by atoms with van der Waals surface area (Å²) < 4.78 is 0. The van der Waals surface area contributed by atoms with Gasteiger partial charge in [0.2, 0.25) is 0 Å². The van der Waals surface area contributed by atoms with Crippen molar-refractivity contribution in [3.63, 3.8) is 0 Å². The third-order valence-electron chi connectivity index (χ3n) is 2.26. The van der Waals surface area contributed by atoms with Crippen molar-refractivity contribution in [3.05, 3.63) is 0 Å². The second-order valence-corrected chi connectivity index (χ2v) is 3.94. The Balaban J connectivity index is 3.13. The fourth-order valence-electron chi connectivity index (χ4n) is 1.40. The summed E-state index contributed by atoms with van der Waals surface area (Å²) in [6.45, 7) is 5.21. The van der Waals surface area contributed by atoms with E-state index in [2.05, 4.69) is 13.8 Å². The highest BCUT2D eigenvalue weighted by Gasteiger charge is 2.01. The molecule has 74 valence electrons. The Kier molecular flexibility index (Phi) is 7.51. The maximum Gasteiger partial charge on any atom is 0.00104 e. The molecule has 2 nitrogen and oxygen atoms in total. The zero-order chi connectivity index (χ0) is 9.40. The average Bonchev–Trinajstić information content (AvgIpc) is 2.00. The molecule has 0 aliphatic carbocycles. The van der Waals surface area contributed by atoms with Gasteiger partial charge in [-0.15, -0.1) is 0 Å². The van der Waals surface area contributed by atoms with Gasteiger partial charge in [0, 0.05) is 6.04 Å².